The van der Waals surface area contributed by atoms with E-state index in [2.05, 4.69) is 164 Å². The molecular formula is C38H28P2Pb. The fourth-order valence-electron chi connectivity index (χ4n) is 5.61. The third-order valence-electron chi connectivity index (χ3n) is 7.41. The molecule has 7 rings (SSSR count). The summed E-state index contributed by atoms with van der Waals surface area (Å²) in [7, 11) is -0.222. The Morgan fingerprint density at radius 2 is 0.854 bits per heavy atom. The largest absolute Gasteiger partial charge is 0.0622 e. The zero-order chi connectivity index (χ0) is 26.7. The molecule has 194 valence electrons. The van der Waals surface area contributed by atoms with Crippen molar-refractivity contribution in [2.75, 3.05) is 0 Å². The van der Waals surface area contributed by atoms with Crippen LogP contribution < -0.4 is 26.5 Å². The molecule has 0 saturated carbocycles. The van der Waals surface area contributed by atoms with Gasteiger partial charge in [-0.05, 0) is 67.1 Å². The Morgan fingerprint density at radius 3 is 1.44 bits per heavy atom. The van der Waals surface area contributed by atoms with Crippen LogP contribution in [0.15, 0.2) is 164 Å². The molecule has 4 radical (unpaired) electrons. The Labute approximate surface area is 265 Å². The van der Waals surface area contributed by atoms with Crippen molar-refractivity contribution in [3.63, 3.8) is 0 Å². The van der Waals surface area contributed by atoms with Crippen LogP contribution in [0.5, 0.6) is 0 Å². The SMILES string of the molecule is [Pb].c1ccc(Pc2ccc3ccccc3c2-c2c(P(c3ccccc3)c3ccccc3)ccc3ccccc23)cc1. The molecule has 0 nitrogen and oxygen atoms in total. The molecule has 3 heteroatoms. The number of hydrogen-bond donors (Lipinski definition) is 0. The maximum atomic E-state index is 2.40. The van der Waals surface area contributed by atoms with E-state index in [0.717, 1.165) is 0 Å². The van der Waals surface area contributed by atoms with Crippen LogP contribution in [0.25, 0.3) is 32.7 Å². The third kappa shape index (κ3) is 5.67. The minimum Gasteiger partial charge on any atom is -0.0622 e. The Kier molecular flexibility index (Phi) is 8.73. The monoisotopic (exact) mass is 754 g/mol. The molecule has 0 aliphatic rings. The Hall–Kier alpha value is -3.16. The molecule has 0 aliphatic heterocycles. The molecule has 0 aliphatic carbocycles. The van der Waals surface area contributed by atoms with E-state index in [9.17, 15) is 0 Å². The van der Waals surface area contributed by atoms with Crippen molar-refractivity contribution in [1.82, 2.24) is 0 Å². The summed E-state index contributed by atoms with van der Waals surface area (Å²) in [6.45, 7) is 0. The van der Waals surface area contributed by atoms with E-state index in [4.69, 9.17) is 0 Å². The predicted molar refractivity (Wildman–Crippen MR) is 185 cm³/mol. The normalized spacial score (nSPS) is 11.3. The van der Waals surface area contributed by atoms with Crippen molar-refractivity contribution in [3.05, 3.63) is 164 Å². The summed E-state index contributed by atoms with van der Waals surface area (Å²) < 4.78 is 0. The molecule has 0 bridgehead atoms. The maximum Gasteiger partial charge on any atom is 0 e. The van der Waals surface area contributed by atoms with E-state index < -0.39 is 7.92 Å². The predicted octanol–water partition coefficient (Wildman–Crippen LogP) is 7.67. The second kappa shape index (κ2) is 12.8. The van der Waals surface area contributed by atoms with Gasteiger partial charge in [0.1, 0.15) is 0 Å². The van der Waals surface area contributed by atoms with Crippen LogP contribution >= 0.6 is 16.5 Å². The van der Waals surface area contributed by atoms with Crippen LogP contribution in [0.1, 0.15) is 0 Å². The first-order valence-corrected chi connectivity index (χ1v) is 16.0. The molecule has 0 amide bonds. The maximum absolute atomic E-state index is 2.40. The smallest absolute Gasteiger partial charge is 0 e. The summed E-state index contributed by atoms with van der Waals surface area (Å²) >= 11 is 0. The number of benzene rings is 7. The van der Waals surface area contributed by atoms with Gasteiger partial charge in [-0.25, -0.2) is 0 Å². The van der Waals surface area contributed by atoms with Gasteiger partial charge in [-0.1, -0.05) is 172 Å². The van der Waals surface area contributed by atoms with Crippen LogP contribution in [0.2, 0.25) is 0 Å². The van der Waals surface area contributed by atoms with Crippen molar-refractivity contribution in [2.45, 2.75) is 0 Å². The molecule has 7 aromatic rings. The van der Waals surface area contributed by atoms with Crippen LogP contribution in [-0.2, 0) is 0 Å². The average molecular weight is 754 g/mol. The van der Waals surface area contributed by atoms with E-state index in [1.807, 2.05) is 0 Å². The van der Waals surface area contributed by atoms with Crippen molar-refractivity contribution in [3.8, 4) is 11.1 Å². The first-order valence-electron chi connectivity index (χ1n) is 13.6. The van der Waals surface area contributed by atoms with E-state index in [0.29, 0.717) is 8.58 Å². The Morgan fingerprint density at radius 1 is 0.390 bits per heavy atom. The molecule has 1 unspecified atom stereocenters. The van der Waals surface area contributed by atoms with Gasteiger partial charge in [-0.3, -0.25) is 0 Å². The van der Waals surface area contributed by atoms with Gasteiger partial charge in [0.15, 0.2) is 0 Å². The molecule has 0 spiro atoms. The second-order valence-electron chi connectivity index (χ2n) is 9.89. The topological polar surface area (TPSA) is 0 Å². The van der Waals surface area contributed by atoms with E-state index >= 15 is 0 Å². The van der Waals surface area contributed by atoms with Crippen molar-refractivity contribution in [1.29, 1.82) is 0 Å². The fraction of sp³-hybridized carbons (Fsp3) is 0. The fourth-order valence-corrected chi connectivity index (χ4v) is 9.31. The zero-order valence-corrected chi connectivity index (χ0v) is 28.3. The van der Waals surface area contributed by atoms with Gasteiger partial charge in [0.2, 0.25) is 0 Å². The van der Waals surface area contributed by atoms with Crippen molar-refractivity contribution >= 4 is 91.9 Å². The zero-order valence-electron chi connectivity index (χ0n) is 22.5. The standard InChI is InChI=1S/C38H28P2.Pb/c1-4-16-30(17-5-1)39-35-26-24-28-14-10-12-22-33(28)37(35)38-34-23-13-11-15-29(34)25-27-36(38)40(31-18-6-2-7-19-31)32-20-8-3-9-21-32;/h1-27,39H;. The van der Waals surface area contributed by atoms with Gasteiger partial charge in [0, 0.05) is 27.3 Å². The van der Waals surface area contributed by atoms with Crippen molar-refractivity contribution in [2.24, 2.45) is 0 Å². The summed E-state index contributed by atoms with van der Waals surface area (Å²) in [6.07, 6.45) is 0. The molecule has 1 atom stereocenters. The minimum atomic E-state index is -0.788. The van der Waals surface area contributed by atoms with E-state index in [-0.39, 0.29) is 27.3 Å². The average Bonchev–Trinajstić information content (AvgIpc) is 3.03. The van der Waals surface area contributed by atoms with Crippen molar-refractivity contribution < 1.29 is 0 Å². The van der Waals surface area contributed by atoms with E-state index in [1.165, 1.54) is 59.2 Å². The first-order chi connectivity index (χ1) is 19.9. The third-order valence-corrected chi connectivity index (χ3v) is 11.2. The van der Waals surface area contributed by atoms with Crippen LogP contribution in [0, 0.1) is 0 Å². The summed E-state index contributed by atoms with van der Waals surface area (Å²) in [4.78, 5) is 0. The molecule has 0 heterocycles. The second-order valence-corrected chi connectivity index (χ2v) is 13.4. The number of rotatable bonds is 6. The van der Waals surface area contributed by atoms with Gasteiger partial charge in [0.25, 0.3) is 0 Å². The van der Waals surface area contributed by atoms with Gasteiger partial charge in [-0.2, -0.15) is 0 Å². The molecule has 0 fully saturated rings. The van der Waals surface area contributed by atoms with Gasteiger partial charge < -0.3 is 0 Å². The molecular weight excluding hydrogens is 726 g/mol. The first kappa shape index (κ1) is 28.0. The molecule has 7 aromatic carbocycles. The van der Waals surface area contributed by atoms with Crippen LogP contribution in [0.4, 0.5) is 0 Å². The molecule has 0 aromatic heterocycles. The summed E-state index contributed by atoms with van der Waals surface area (Å²) in [6, 6.07) is 60.2. The summed E-state index contributed by atoms with van der Waals surface area (Å²) in [5, 5.41) is 12.1. The van der Waals surface area contributed by atoms with Gasteiger partial charge >= 0.3 is 0 Å². The Bertz CT molecular complexity index is 1880. The Balaban J connectivity index is 0.00000302. The minimum absolute atomic E-state index is 0. The molecule has 0 saturated heterocycles. The van der Waals surface area contributed by atoms with Crippen LogP contribution in [-0.4, -0.2) is 27.3 Å². The van der Waals surface area contributed by atoms with Crippen LogP contribution in [0.3, 0.4) is 0 Å². The number of fused-ring (bicyclic) bond motifs is 2. The summed E-state index contributed by atoms with van der Waals surface area (Å²) in [5.41, 5.74) is 2.73. The van der Waals surface area contributed by atoms with E-state index in [1.54, 1.807) is 0 Å². The van der Waals surface area contributed by atoms with Gasteiger partial charge in [-0.15, -0.1) is 0 Å². The quantitative estimate of drug-likeness (QED) is 0.121. The van der Waals surface area contributed by atoms with Gasteiger partial charge in [0.05, 0.1) is 0 Å². The molecule has 0 N–H and O–H groups in total. The number of hydrogen-bond acceptors (Lipinski definition) is 0. The summed E-state index contributed by atoms with van der Waals surface area (Å²) in [5.74, 6) is 0. The molecule has 41 heavy (non-hydrogen) atoms.